The molecule has 1 aromatic heterocycles. The first-order chi connectivity index (χ1) is 18.7. The Hall–Kier alpha value is -5.02. The van der Waals surface area contributed by atoms with E-state index in [2.05, 4.69) is 10.3 Å². The number of anilines is 1. The van der Waals surface area contributed by atoms with E-state index >= 15 is 0 Å². The molecule has 40 heavy (non-hydrogen) atoms. The number of nitrogens with one attached hydrogen (secondary N) is 2. The number of aliphatic carboxylic acids is 1. The largest absolute Gasteiger partial charge is 0.490 e. The number of hydrogen-bond acceptors (Lipinski definition) is 7. The summed E-state index contributed by atoms with van der Waals surface area (Å²) in [5.41, 5.74) is 8.22. The molecule has 11 nitrogen and oxygen atoms in total. The number of amidine groups is 1. The summed E-state index contributed by atoms with van der Waals surface area (Å²) in [5, 5.41) is 22.8. The number of hydrogen-bond donors (Lipinski definition) is 5. The van der Waals surface area contributed by atoms with Gasteiger partial charge in [0.1, 0.15) is 5.84 Å². The molecule has 0 aliphatic heterocycles. The van der Waals surface area contributed by atoms with Crippen LogP contribution in [0.25, 0.3) is 22.5 Å². The molecule has 0 saturated heterocycles. The number of halogens is 3. The number of carboxylic acids is 1. The molecule has 3 aromatic carbocycles. The molecular formula is C25H20F3N5O6S. The zero-order chi connectivity index (χ0) is 29.7. The maximum atomic E-state index is 12.8. The summed E-state index contributed by atoms with van der Waals surface area (Å²) in [5.74, 6) is -3.11. The second-order valence-electron chi connectivity index (χ2n) is 7.90. The molecule has 0 radical (unpaired) electrons. The number of alkyl halides is 3. The highest BCUT2D eigenvalue weighted by atomic mass is 32.2. The van der Waals surface area contributed by atoms with Crippen LogP contribution in [0.15, 0.2) is 88.5 Å². The van der Waals surface area contributed by atoms with Crippen molar-refractivity contribution in [3.63, 3.8) is 0 Å². The van der Waals surface area contributed by atoms with Crippen LogP contribution in [0.3, 0.4) is 0 Å². The van der Waals surface area contributed by atoms with Crippen LogP contribution in [0.5, 0.6) is 0 Å². The van der Waals surface area contributed by atoms with Gasteiger partial charge < -0.3 is 20.6 Å². The van der Waals surface area contributed by atoms with Crippen LogP contribution in [0.1, 0.15) is 16.1 Å². The summed E-state index contributed by atoms with van der Waals surface area (Å²) in [6, 6.07) is 19.8. The number of carboxylic acid groups (broad SMARTS) is 1. The maximum absolute atomic E-state index is 12.8. The number of sulfonamides is 1. The third-order valence-electron chi connectivity index (χ3n) is 5.11. The number of nitrogens with two attached hydrogens (primary N) is 2. The van der Waals surface area contributed by atoms with Gasteiger partial charge in [0.25, 0.3) is 5.91 Å². The lowest BCUT2D eigenvalue weighted by molar-refractivity contribution is -0.192. The molecule has 0 bridgehead atoms. The van der Waals surface area contributed by atoms with E-state index in [1.165, 1.54) is 6.07 Å². The van der Waals surface area contributed by atoms with Crippen LogP contribution >= 0.6 is 0 Å². The van der Waals surface area contributed by atoms with Crippen LogP contribution in [0.2, 0.25) is 0 Å². The van der Waals surface area contributed by atoms with Gasteiger partial charge in [-0.15, -0.1) is 0 Å². The minimum atomic E-state index is -5.08. The van der Waals surface area contributed by atoms with Crippen molar-refractivity contribution in [2.45, 2.75) is 11.1 Å². The number of rotatable bonds is 6. The molecule has 7 N–H and O–H groups in total. The predicted octanol–water partition coefficient (Wildman–Crippen LogP) is 3.83. The van der Waals surface area contributed by atoms with E-state index in [1.54, 1.807) is 66.7 Å². The average Bonchev–Trinajstić information content (AvgIpc) is 3.39. The molecular weight excluding hydrogens is 555 g/mol. The second-order valence-corrected chi connectivity index (χ2v) is 9.43. The molecule has 4 rings (SSSR count). The molecule has 15 heteroatoms. The Kier molecular flexibility index (Phi) is 8.71. The summed E-state index contributed by atoms with van der Waals surface area (Å²) >= 11 is 0. The number of nitrogen functional groups attached to an aromatic ring is 1. The van der Waals surface area contributed by atoms with E-state index in [-0.39, 0.29) is 22.2 Å². The second kappa shape index (κ2) is 11.8. The van der Waals surface area contributed by atoms with Gasteiger partial charge in [0.2, 0.25) is 10.0 Å². The molecule has 0 unspecified atom stereocenters. The van der Waals surface area contributed by atoms with Crippen molar-refractivity contribution in [2.24, 2.45) is 10.9 Å². The first-order valence-electron chi connectivity index (χ1n) is 10.9. The molecule has 4 aromatic rings. The maximum Gasteiger partial charge on any atom is 0.490 e. The standard InChI is InChI=1S/C23H19N5O4S.C2HF3O2/c24-22(25)16-5-3-4-15(12-16)21-20(27-13-32-21)23(29)28-17-10-8-14(9-11-17)18-6-1-2-7-19(18)33(26,30)31;3-2(4,5)1(6)7/h1-13H,(H3,24,25)(H,28,29)(H2,26,30,31);(H,6,7). The SMILES string of the molecule is N=C(N)c1cccc(-c2ocnc2C(=O)Nc2ccc(-c3ccccc3S(N)(=O)=O)cc2)c1.O=C(O)C(F)(F)F. The third kappa shape index (κ3) is 7.30. The van der Waals surface area contributed by atoms with Gasteiger partial charge >= 0.3 is 12.1 Å². The molecule has 0 aliphatic carbocycles. The highest BCUT2D eigenvalue weighted by Gasteiger charge is 2.38. The molecule has 1 heterocycles. The lowest BCUT2D eigenvalue weighted by Gasteiger charge is -2.09. The summed E-state index contributed by atoms with van der Waals surface area (Å²) in [7, 11) is -3.89. The number of benzene rings is 3. The van der Waals surface area contributed by atoms with Gasteiger partial charge in [0, 0.05) is 22.4 Å². The van der Waals surface area contributed by atoms with Gasteiger partial charge in [-0.25, -0.2) is 23.3 Å². The topological polar surface area (TPSA) is 202 Å². The Bertz CT molecular complexity index is 1670. The Morgan fingerprint density at radius 2 is 1.60 bits per heavy atom. The van der Waals surface area contributed by atoms with E-state index < -0.39 is 28.1 Å². The number of nitrogens with zero attached hydrogens (tertiary/aromatic N) is 1. The Balaban J connectivity index is 0.000000559. The number of primary sulfonamides is 1. The molecule has 0 fully saturated rings. The van der Waals surface area contributed by atoms with Crippen LogP contribution < -0.4 is 16.2 Å². The highest BCUT2D eigenvalue weighted by Crippen LogP contribution is 2.28. The fourth-order valence-corrected chi connectivity index (χ4v) is 4.08. The number of oxazole rings is 1. The molecule has 0 saturated carbocycles. The first kappa shape index (κ1) is 29.5. The van der Waals surface area contributed by atoms with E-state index in [0.717, 1.165) is 6.39 Å². The number of carbonyl (C=O) groups is 2. The lowest BCUT2D eigenvalue weighted by Crippen LogP contribution is -2.21. The fraction of sp³-hybridized carbons (Fsp3) is 0.0400. The molecule has 0 aliphatic rings. The van der Waals surface area contributed by atoms with Crippen LogP contribution in [-0.4, -0.2) is 42.4 Å². The zero-order valence-electron chi connectivity index (χ0n) is 20.1. The minimum absolute atomic E-state index is 0.0156. The van der Waals surface area contributed by atoms with E-state index in [1.807, 2.05) is 0 Å². The molecule has 1 amide bonds. The van der Waals surface area contributed by atoms with Crippen molar-refractivity contribution < 1.29 is 40.7 Å². The Labute approximate surface area is 224 Å². The summed E-state index contributed by atoms with van der Waals surface area (Å²) < 4.78 is 60.9. The smallest absolute Gasteiger partial charge is 0.475 e. The van der Waals surface area contributed by atoms with E-state index in [0.29, 0.717) is 27.9 Å². The normalized spacial score (nSPS) is 11.2. The van der Waals surface area contributed by atoms with Gasteiger partial charge in [-0.05, 0) is 29.8 Å². The molecule has 0 atom stereocenters. The van der Waals surface area contributed by atoms with Crippen LogP contribution in [0.4, 0.5) is 18.9 Å². The average molecular weight is 576 g/mol. The third-order valence-corrected chi connectivity index (χ3v) is 6.08. The van der Waals surface area contributed by atoms with E-state index in [9.17, 15) is 26.4 Å². The van der Waals surface area contributed by atoms with Gasteiger partial charge in [-0.2, -0.15) is 13.2 Å². The van der Waals surface area contributed by atoms with Crippen molar-refractivity contribution in [1.82, 2.24) is 4.98 Å². The van der Waals surface area contributed by atoms with Gasteiger partial charge in [-0.1, -0.05) is 48.5 Å². The van der Waals surface area contributed by atoms with Crippen LogP contribution in [0, 0.1) is 5.41 Å². The summed E-state index contributed by atoms with van der Waals surface area (Å²) in [4.78, 5) is 25.8. The minimum Gasteiger partial charge on any atom is -0.475 e. The van der Waals surface area contributed by atoms with Crippen LogP contribution in [-0.2, 0) is 14.8 Å². The first-order valence-corrected chi connectivity index (χ1v) is 12.4. The van der Waals surface area contributed by atoms with Gasteiger partial charge in [0.15, 0.2) is 17.8 Å². The van der Waals surface area contributed by atoms with Crippen molar-refractivity contribution in [3.8, 4) is 22.5 Å². The number of aromatic nitrogens is 1. The van der Waals surface area contributed by atoms with Gasteiger partial charge in [-0.3, -0.25) is 10.2 Å². The molecule has 208 valence electrons. The lowest BCUT2D eigenvalue weighted by atomic mass is 10.1. The molecule has 0 spiro atoms. The van der Waals surface area contributed by atoms with E-state index in [4.69, 9.17) is 30.6 Å². The predicted molar refractivity (Wildman–Crippen MR) is 138 cm³/mol. The van der Waals surface area contributed by atoms with Crippen molar-refractivity contribution in [1.29, 1.82) is 5.41 Å². The Morgan fingerprint density at radius 1 is 0.975 bits per heavy atom. The summed E-state index contributed by atoms with van der Waals surface area (Å²) in [6.07, 6.45) is -3.92. The monoisotopic (exact) mass is 575 g/mol. The highest BCUT2D eigenvalue weighted by molar-refractivity contribution is 7.89. The van der Waals surface area contributed by atoms with Gasteiger partial charge in [0.05, 0.1) is 4.90 Å². The van der Waals surface area contributed by atoms with Crippen molar-refractivity contribution in [2.75, 3.05) is 5.32 Å². The Morgan fingerprint density at radius 3 is 2.17 bits per heavy atom. The number of carbonyl (C=O) groups excluding carboxylic acids is 1. The summed E-state index contributed by atoms with van der Waals surface area (Å²) in [6.45, 7) is 0. The van der Waals surface area contributed by atoms with Crippen molar-refractivity contribution >= 4 is 33.4 Å². The fourth-order valence-electron chi connectivity index (χ4n) is 3.32. The van der Waals surface area contributed by atoms with Crippen molar-refractivity contribution in [3.05, 3.63) is 90.4 Å². The quantitative estimate of drug-likeness (QED) is 0.168. The number of amides is 1. The zero-order valence-corrected chi connectivity index (χ0v) is 21.0.